The molecule has 2 aliphatic rings. The van der Waals surface area contributed by atoms with Gasteiger partial charge in [0, 0.05) is 83.3 Å². The number of hydrogen-bond donors (Lipinski definition) is 1. The molecule has 0 unspecified atom stereocenters. The molecule has 2 bridgehead atoms. The van der Waals surface area contributed by atoms with E-state index >= 15 is 0 Å². The van der Waals surface area contributed by atoms with Gasteiger partial charge >= 0.3 is 0 Å². The van der Waals surface area contributed by atoms with Crippen LogP contribution in [0.3, 0.4) is 0 Å². The predicted molar refractivity (Wildman–Crippen MR) is 163 cm³/mol. The fraction of sp³-hybridized carbons (Fsp3) is 0.625. The van der Waals surface area contributed by atoms with Crippen LogP contribution in [-0.2, 0) is 38.6 Å². The summed E-state index contributed by atoms with van der Waals surface area (Å²) >= 11 is 0. The predicted octanol–water partition coefficient (Wildman–Crippen LogP) is 2.45. The molecule has 0 aromatic carbocycles. The van der Waals surface area contributed by atoms with E-state index in [1.165, 1.54) is 0 Å². The lowest BCUT2D eigenvalue weighted by atomic mass is 10.1. The Kier molecular flexibility index (Phi) is 11.7. The number of amides is 4. The first-order chi connectivity index (χ1) is 20.8. The molecule has 43 heavy (non-hydrogen) atoms. The summed E-state index contributed by atoms with van der Waals surface area (Å²) in [6, 6.07) is 2.86. The first-order valence-corrected chi connectivity index (χ1v) is 15.8. The second-order valence-electron chi connectivity index (χ2n) is 12.0. The highest BCUT2D eigenvalue weighted by Crippen LogP contribution is 2.26. The van der Waals surface area contributed by atoms with Crippen LogP contribution in [0.2, 0.25) is 0 Å². The molecule has 4 heterocycles. The van der Waals surface area contributed by atoms with Crippen LogP contribution in [0.25, 0.3) is 0 Å². The van der Waals surface area contributed by atoms with Crippen LogP contribution in [0.5, 0.6) is 0 Å². The van der Waals surface area contributed by atoms with Gasteiger partial charge in [-0.2, -0.15) is 0 Å². The summed E-state index contributed by atoms with van der Waals surface area (Å²) in [5.74, 6) is 0.896. The van der Waals surface area contributed by atoms with Crippen molar-refractivity contribution < 1.29 is 19.2 Å². The molecule has 4 amide bonds. The largest absolute Gasteiger partial charge is 0.354 e. The standard InChI is InChI=1S/C32H47N7O4/c1-4-28-34-13-18-36(28)17-10-29(40)39-23-26-21-27(39)32(43)35-12-5-6-14-37(30(41)20-25-9-7-11-33-22-25)15-8-16-38(26)31(42)19-24(2)3/h7,9,11,13,18,22,24,26-27H,4-6,8,10,12,14-17,19-21,23H2,1-3H3,(H,35,43)/t26-,27-/m0/s1. The van der Waals surface area contributed by atoms with Gasteiger partial charge in [0.15, 0.2) is 0 Å². The van der Waals surface area contributed by atoms with Crippen LogP contribution in [0.15, 0.2) is 36.9 Å². The van der Waals surface area contributed by atoms with Crippen LogP contribution in [0.4, 0.5) is 0 Å². The van der Waals surface area contributed by atoms with E-state index in [0.29, 0.717) is 58.5 Å². The Morgan fingerprint density at radius 1 is 1.02 bits per heavy atom. The minimum atomic E-state index is -0.610. The first kappa shape index (κ1) is 32.2. The van der Waals surface area contributed by atoms with Gasteiger partial charge in [0.25, 0.3) is 0 Å². The van der Waals surface area contributed by atoms with Crippen LogP contribution in [0, 0.1) is 5.92 Å². The highest BCUT2D eigenvalue weighted by atomic mass is 16.2. The van der Waals surface area contributed by atoms with Crippen molar-refractivity contribution in [2.75, 3.05) is 32.7 Å². The lowest BCUT2D eigenvalue weighted by Crippen LogP contribution is -2.46. The summed E-state index contributed by atoms with van der Waals surface area (Å²) in [5, 5.41) is 3.03. The molecular formula is C32H47N7O4. The number of nitrogens with zero attached hydrogens (tertiary/aromatic N) is 6. The molecule has 1 N–H and O–H groups in total. The number of carbonyl (C=O) groups is 4. The molecular weight excluding hydrogens is 546 g/mol. The second kappa shape index (κ2) is 15.6. The molecule has 0 aliphatic carbocycles. The number of aryl methyl sites for hydroxylation is 2. The number of pyridine rings is 1. The van der Waals surface area contributed by atoms with Gasteiger partial charge in [-0.05, 0) is 43.2 Å². The smallest absolute Gasteiger partial charge is 0.242 e. The molecule has 4 rings (SSSR count). The summed E-state index contributed by atoms with van der Waals surface area (Å²) in [6.07, 6.45) is 11.2. The Morgan fingerprint density at radius 3 is 2.58 bits per heavy atom. The molecule has 11 heteroatoms. The van der Waals surface area contributed by atoms with Crippen molar-refractivity contribution in [1.29, 1.82) is 0 Å². The monoisotopic (exact) mass is 593 g/mol. The van der Waals surface area contributed by atoms with Crippen molar-refractivity contribution in [2.24, 2.45) is 5.92 Å². The van der Waals surface area contributed by atoms with Crippen molar-refractivity contribution in [3.63, 3.8) is 0 Å². The Bertz CT molecular complexity index is 1230. The van der Waals surface area contributed by atoms with Gasteiger partial charge in [0.1, 0.15) is 11.9 Å². The molecule has 2 saturated heterocycles. The van der Waals surface area contributed by atoms with Crippen LogP contribution < -0.4 is 5.32 Å². The maximum absolute atomic E-state index is 13.6. The SMILES string of the molecule is CCc1nccn1CCC(=O)N1C[C@@H]2C[C@H]1C(=O)NCCCCN(C(=O)Cc1cccnc1)CCCN2C(=O)CC(C)C. The van der Waals surface area contributed by atoms with E-state index in [0.717, 1.165) is 30.7 Å². The van der Waals surface area contributed by atoms with Crippen molar-refractivity contribution in [1.82, 2.24) is 34.6 Å². The third-order valence-corrected chi connectivity index (χ3v) is 8.34. The van der Waals surface area contributed by atoms with Crippen molar-refractivity contribution >= 4 is 23.6 Å². The zero-order valence-corrected chi connectivity index (χ0v) is 25.9. The minimum absolute atomic E-state index is 0.0276. The number of fused-ring (bicyclic) bond motifs is 2. The topological polar surface area (TPSA) is 121 Å². The molecule has 0 spiro atoms. The number of aromatic nitrogens is 3. The normalized spacial score (nSPS) is 20.2. The highest BCUT2D eigenvalue weighted by molar-refractivity contribution is 5.89. The highest BCUT2D eigenvalue weighted by Gasteiger charge is 2.42. The Balaban J connectivity index is 1.50. The fourth-order valence-corrected chi connectivity index (χ4v) is 6.10. The van der Waals surface area contributed by atoms with Gasteiger partial charge < -0.3 is 24.6 Å². The maximum Gasteiger partial charge on any atom is 0.242 e. The summed E-state index contributed by atoms with van der Waals surface area (Å²) in [7, 11) is 0. The van der Waals surface area contributed by atoms with E-state index < -0.39 is 6.04 Å². The quantitative estimate of drug-likeness (QED) is 0.502. The molecule has 2 aliphatic heterocycles. The van der Waals surface area contributed by atoms with Gasteiger partial charge in [-0.25, -0.2) is 4.98 Å². The van der Waals surface area contributed by atoms with E-state index in [2.05, 4.69) is 15.3 Å². The molecule has 0 radical (unpaired) electrons. The number of imidazole rings is 1. The Hall–Kier alpha value is -3.76. The van der Waals surface area contributed by atoms with Gasteiger partial charge in [0.05, 0.1) is 12.5 Å². The molecule has 2 atom stereocenters. The van der Waals surface area contributed by atoms with Crippen LogP contribution >= 0.6 is 0 Å². The molecule has 0 saturated carbocycles. The Morgan fingerprint density at radius 2 is 1.84 bits per heavy atom. The fourth-order valence-electron chi connectivity index (χ4n) is 6.10. The van der Waals surface area contributed by atoms with E-state index in [4.69, 9.17) is 0 Å². The van der Waals surface area contributed by atoms with Crippen molar-refractivity contribution in [2.45, 2.75) is 90.8 Å². The zero-order chi connectivity index (χ0) is 30.8. The number of carbonyl (C=O) groups excluding carboxylic acids is 4. The number of nitrogens with one attached hydrogen (secondary N) is 1. The summed E-state index contributed by atoms with van der Waals surface area (Å²) in [5.41, 5.74) is 0.869. The summed E-state index contributed by atoms with van der Waals surface area (Å²) < 4.78 is 1.98. The van der Waals surface area contributed by atoms with Gasteiger partial charge in [-0.15, -0.1) is 0 Å². The number of hydrogen-bond acceptors (Lipinski definition) is 6. The van der Waals surface area contributed by atoms with Gasteiger partial charge in [0.2, 0.25) is 23.6 Å². The van der Waals surface area contributed by atoms with E-state index in [-0.39, 0.29) is 48.4 Å². The van der Waals surface area contributed by atoms with E-state index in [1.54, 1.807) is 23.5 Å². The second-order valence-corrected chi connectivity index (χ2v) is 12.0. The van der Waals surface area contributed by atoms with Crippen LogP contribution in [-0.4, -0.2) is 97.7 Å². The molecule has 11 nitrogen and oxygen atoms in total. The molecule has 234 valence electrons. The number of rotatable bonds is 8. The Labute approximate surface area is 255 Å². The lowest BCUT2D eigenvalue weighted by Gasteiger charge is -2.31. The average Bonchev–Trinajstić information content (AvgIpc) is 3.63. The number of likely N-dealkylation sites (tertiary alicyclic amines) is 1. The van der Waals surface area contributed by atoms with E-state index in [9.17, 15) is 19.2 Å². The zero-order valence-electron chi connectivity index (χ0n) is 25.9. The third-order valence-electron chi connectivity index (χ3n) is 8.34. The van der Waals surface area contributed by atoms with Gasteiger partial charge in [-0.3, -0.25) is 24.2 Å². The lowest BCUT2D eigenvalue weighted by molar-refractivity contribution is -0.139. The third kappa shape index (κ3) is 8.87. The molecule has 2 aromatic rings. The molecule has 2 fully saturated rings. The van der Waals surface area contributed by atoms with Crippen molar-refractivity contribution in [3.05, 3.63) is 48.3 Å². The average molecular weight is 594 g/mol. The maximum atomic E-state index is 13.6. The molecule has 2 aromatic heterocycles. The minimum Gasteiger partial charge on any atom is -0.354 e. The van der Waals surface area contributed by atoms with Gasteiger partial charge in [-0.1, -0.05) is 26.8 Å². The van der Waals surface area contributed by atoms with Crippen LogP contribution in [0.1, 0.15) is 70.7 Å². The van der Waals surface area contributed by atoms with E-state index in [1.807, 2.05) is 53.5 Å². The summed E-state index contributed by atoms with van der Waals surface area (Å²) in [6.45, 7) is 8.95. The first-order valence-electron chi connectivity index (χ1n) is 15.8. The van der Waals surface area contributed by atoms with Crippen molar-refractivity contribution in [3.8, 4) is 0 Å². The summed E-state index contributed by atoms with van der Waals surface area (Å²) in [4.78, 5) is 67.7.